The molecule has 0 saturated heterocycles. The molecule has 0 aliphatic heterocycles. The predicted molar refractivity (Wildman–Crippen MR) is 71.3 cm³/mol. The molecule has 18 heavy (non-hydrogen) atoms. The van der Waals surface area contributed by atoms with Crippen LogP contribution >= 0.6 is 0 Å². The van der Waals surface area contributed by atoms with Crippen molar-refractivity contribution in [3.8, 4) is 11.1 Å². The molecule has 2 aromatic rings. The third-order valence-corrected chi connectivity index (χ3v) is 2.95. The van der Waals surface area contributed by atoms with E-state index in [0.29, 0.717) is 17.8 Å². The molecule has 2 rings (SSSR count). The number of carbonyl (C=O) groups excluding carboxylic acids is 1. The van der Waals surface area contributed by atoms with Gasteiger partial charge in [0.25, 0.3) is 0 Å². The molecule has 92 valence electrons. The Bertz CT molecular complexity index is 573. The van der Waals surface area contributed by atoms with E-state index in [1.54, 1.807) is 6.07 Å². The van der Waals surface area contributed by atoms with Gasteiger partial charge < -0.3 is 0 Å². The van der Waals surface area contributed by atoms with Crippen LogP contribution in [0.3, 0.4) is 0 Å². The fourth-order valence-corrected chi connectivity index (χ4v) is 2.10. The Kier molecular flexibility index (Phi) is 3.56. The van der Waals surface area contributed by atoms with Gasteiger partial charge in [0, 0.05) is 5.56 Å². The number of hydrogen-bond acceptors (Lipinski definition) is 1. The van der Waals surface area contributed by atoms with Gasteiger partial charge in [0.1, 0.15) is 12.1 Å². The Morgan fingerprint density at radius 3 is 2.50 bits per heavy atom. The number of hydrogen-bond donors (Lipinski definition) is 0. The van der Waals surface area contributed by atoms with Crippen LogP contribution in [0, 0.1) is 5.82 Å². The summed E-state index contributed by atoms with van der Waals surface area (Å²) in [6.07, 6.45) is 0.671. The van der Waals surface area contributed by atoms with Crippen molar-refractivity contribution in [1.82, 2.24) is 0 Å². The van der Waals surface area contributed by atoms with Gasteiger partial charge >= 0.3 is 0 Å². The minimum absolute atomic E-state index is 0.351. The number of carbonyl (C=O) groups is 1. The topological polar surface area (TPSA) is 17.1 Å². The highest BCUT2D eigenvalue weighted by Gasteiger charge is 2.09. The monoisotopic (exact) mass is 242 g/mol. The van der Waals surface area contributed by atoms with Gasteiger partial charge in [-0.1, -0.05) is 38.1 Å². The zero-order chi connectivity index (χ0) is 13.1. The Morgan fingerprint density at radius 2 is 1.83 bits per heavy atom. The van der Waals surface area contributed by atoms with Crippen molar-refractivity contribution in [3.05, 3.63) is 59.4 Å². The van der Waals surface area contributed by atoms with E-state index in [0.717, 1.165) is 16.7 Å². The summed E-state index contributed by atoms with van der Waals surface area (Å²) in [5.74, 6) is -0.0303. The highest BCUT2D eigenvalue weighted by molar-refractivity contribution is 5.79. The molecule has 0 heterocycles. The lowest BCUT2D eigenvalue weighted by Gasteiger charge is -2.13. The normalized spacial score (nSPS) is 10.7. The number of benzene rings is 2. The van der Waals surface area contributed by atoms with Gasteiger partial charge in [0.05, 0.1) is 0 Å². The van der Waals surface area contributed by atoms with E-state index in [2.05, 4.69) is 13.8 Å². The number of aldehydes is 1. The molecule has 2 heteroatoms. The average Bonchev–Trinajstić information content (AvgIpc) is 2.38. The molecule has 0 aliphatic rings. The average molecular weight is 242 g/mol. The molecule has 0 N–H and O–H groups in total. The van der Waals surface area contributed by atoms with Crippen molar-refractivity contribution in [3.63, 3.8) is 0 Å². The van der Waals surface area contributed by atoms with Crippen molar-refractivity contribution in [2.45, 2.75) is 19.8 Å². The Balaban J connectivity index is 2.61. The molecule has 1 nitrogen and oxygen atoms in total. The van der Waals surface area contributed by atoms with Crippen LogP contribution in [-0.4, -0.2) is 6.29 Å². The second-order valence-electron chi connectivity index (χ2n) is 4.63. The lowest BCUT2D eigenvalue weighted by molar-refractivity contribution is 0.112. The number of rotatable bonds is 3. The highest BCUT2D eigenvalue weighted by atomic mass is 19.1. The van der Waals surface area contributed by atoms with Crippen LogP contribution in [0.15, 0.2) is 42.5 Å². The Hall–Kier alpha value is -1.96. The minimum Gasteiger partial charge on any atom is -0.298 e. The SMILES string of the molecule is CC(C)c1ccccc1-c1cc(F)cc(C=O)c1. The smallest absolute Gasteiger partial charge is 0.150 e. The van der Waals surface area contributed by atoms with Crippen LogP contribution in [0.25, 0.3) is 11.1 Å². The lowest BCUT2D eigenvalue weighted by atomic mass is 9.92. The zero-order valence-electron chi connectivity index (χ0n) is 10.5. The Morgan fingerprint density at radius 1 is 1.11 bits per heavy atom. The summed E-state index contributed by atoms with van der Waals surface area (Å²) >= 11 is 0. The summed E-state index contributed by atoms with van der Waals surface area (Å²) in [6.45, 7) is 4.19. The summed E-state index contributed by atoms with van der Waals surface area (Å²) in [7, 11) is 0. The first-order valence-electron chi connectivity index (χ1n) is 5.97. The molecule has 0 spiro atoms. The third kappa shape index (κ3) is 2.48. The molecule has 0 radical (unpaired) electrons. The van der Waals surface area contributed by atoms with Gasteiger partial charge in [-0.2, -0.15) is 0 Å². The van der Waals surface area contributed by atoms with E-state index in [4.69, 9.17) is 0 Å². The summed E-state index contributed by atoms with van der Waals surface area (Å²) in [5, 5.41) is 0. The van der Waals surface area contributed by atoms with Crippen LogP contribution in [0.2, 0.25) is 0 Å². The van der Waals surface area contributed by atoms with Crippen LogP contribution in [0.1, 0.15) is 35.7 Å². The van der Waals surface area contributed by atoms with Gasteiger partial charge in [-0.05, 0) is 40.8 Å². The van der Waals surface area contributed by atoms with E-state index in [1.807, 2.05) is 24.3 Å². The molecule has 0 unspecified atom stereocenters. The van der Waals surface area contributed by atoms with Gasteiger partial charge in [0.15, 0.2) is 0 Å². The summed E-state index contributed by atoms with van der Waals surface area (Å²) in [4.78, 5) is 10.8. The fraction of sp³-hybridized carbons (Fsp3) is 0.188. The first-order chi connectivity index (χ1) is 8.61. The highest BCUT2D eigenvalue weighted by Crippen LogP contribution is 2.29. The maximum absolute atomic E-state index is 13.5. The second kappa shape index (κ2) is 5.13. The van der Waals surface area contributed by atoms with E-state index < -0.39 is 0 Å². The van der Waals surface area contributed by atoms with Crippen LogP contribution in [-0.2, 0) is 0 Å². The molecule has 0 aliphatic carbocycles. The van der Waals surface area contributed by atoms with Crippen LogP contribution < -0.4 is 0 Å². The van der Waals surface area contributed by atoms with Crippen molar-refractivity contribution in [2.24, 2.45) is 0 Å². The van der Waals surface area contributed by atoms with Gasteiger partial charge in [0.2, 0.25) is 0 Å². The lowest BCUT2D eigenvalue weighted by Crippen LogP contribution is -1.93. The quantitative estimate of drug-likeness (QED) is 0.728. The molecule has 0 bridgehead atoms. The van der Waals surface area contributed by atoms with Crippen LogP contribution in [0.5, 0.6) is 0 Å². The van der Waals surface area contributed by atoms with E-state index in [1.165, 1.54) is 12.1 Å². The molecular weight excluding hydrogens is 227 g/mol. The summed E-state index contributed by atoms with van der Waals surface area (Å²) < 4.78 is 13.5. The standard InChI is InChI=1S/C16H15FO/c1-11(2)15-5-3-4-6-16(15)13-7-12(10-18)8-14(17)9-13/h3-11H,1-2H3. The van der Waals surface area contributed by atoms with Crippen molar-refractivity contribution in [2.75, 3.05) is 0 Å². The largest absolute Gasteiger partial charge is 0.298 e. The summed E-state index contributed by atoms with van der Waals surface area (Å²) in [6, 6.07) is 12.3. The van der Waals surface area contributed by atoms with Gasteiger partial charge in [-0.25, -0.2) is 4.39 Å². The second-order valence-corrected chi connectivity index (χ2v) is 4.63. The molecule has 0 saturated carbocycles. The molecular formula is C16H15FO. The van der Waals surface area contributed by atoms with Gasteiger partial charge in [-0.15, -0.1) is 0 Å². The molecule has 2 aromatic carbocycles. The molecule has 0 amide bonds. The third-order valence-electron chi connectivity index (χ3n) is 2.95. The van der Waals surface area contributed by atoms with E-state index >= 15 is 0 Å². The van der Waals surface area contributed by atoms with E-state index in [-0.39, 0.29) is 5.82 Å². The molecule has 0 aromatic heterocycles. The van der Waals surface area contributed by atoms with Crippen molar-refractivity contribution >= 4 is 6.29 Å². The zero-order valence-corrected chi connectivity index (χ0v) is 10.5. The number of halogens is 1. The summed E-state index contributed by atoms with van der Waals surface area (Å²) in [5.41, 5.74) is 3.25. The first-order valence-corrected chi connectivity index (χ1v) is 5.97. The van der Waals surface area contributed by atoms with E-state index in [9.17, 15) is 9.18 Å². The maximum Gasteiger partial charge on any atom is 0.150 e. The predicted octanol–water partition coefficient (Wildman–Crippen LogP) is 4.43. The first kappa shape index (κ1) is 12.5. The minimum atomic E-state index is -0.381. The molecule has 0 fully saturated rings. The van der Waals surface area contributed by atoms with Crippen LogP contribution in [0.4, 0.5) is 4.39 Å². The maximum atomic E-state index is 13.5. The fourth-order valence-electron chi connectivity index (χ4n) is 2.10. The van der Waals surface area contributed by atoms with Crippen molar-refractivity contribution < 1.29 is 9.18 Å². The Labute approximate surface area is 106 Å². The van der Waals surface area contributed by atoms with Crippen molar-refractivity contribution in [1.29, 1.82) is 0 Å². The molecule has 0 atom stereocenters. The van der Waals surface area contributed by atoms with Gasteiger partial charge in [-0.3, -0.25) is 4.79 Å².